The molecule has 0 fully saturated rings. The van der Waals surface area contributed by atoms with E-state index in [4.69, 9.17) is 4.74 Å². The molecule has 23 heavy (non-hydrogen) atoms. The van der Waals surface area contributed by atoms with Crippen molar-refractivity contribution in [2.24, 2.45) is 0 Å². The van der Waals surface area contributed by atoms with Gasteiger partial charge in [0.1, 0.15) is 18.2 Å². The number of benzene rings is 1. The van der Waals surface area contributed by atoms with Crippen LogP contribution in [0.25, 0.3) is 11.3 Å². The summed E-state index contributed by atoms with van der Waals surface area (Å²) in [4.78, 5) is 28.1. The van der Waals surface area contributed by atoms with Crippen LogP contribution in [-0.2, 0) is 9.59 Å². The summed E-state index contributed by atoms with van der Waals surface area (Å²) < 4.78 is 18.4. The number of hydrogen-bond acceptors (Lipinski definition) is 4. The highest BCUT2D eigenvalue weighted by atomic mass is 19.1. The van der Waals surface area contributed by atoms with Gasteiger partial charge in [0.05, 0.1) is 18.4 Å². The summed E-state index contributed by atoms with van der Waals surface area (Å²) in [5.74, 6) is -0.427. The molecule has 0 N–H and O–H groups in total. The number of ether oxygens (including phenoxy) is 1. The Morgan fingerprint density at radius 2 is 1.70 bits per heavy atom. The molecule has 1 aromatic heterocycles. The monoisotopic (exact) mass is 312 g/mol. The molecule has 1 aromatic carbocycles. The van der Waals surface area contributed by atoms with E-state index in [1.54, 1.807) is 30.5 Å². The van der Waals surface area contributed by atoms with Crippen LogP contribution in [0.5, 0.6) is 5.75 Å². The standard InChI is InChI=1S/C17H13FN2O3/c18-13-3-1-12(2-4-13)15-6-5-14(11-19-15)23-10-9-20-16(21)7-8-17(20)22/h1-8,11H,9-10H2. The van der Waals surface area contributed by atoms with Crippen LogP contribution in [0.2, 0.25) is 0 Å². The topological polar surface area (TPSA) is 59.5 Å². The van der Waals surface area contributed by atoms with E-state index >= 15 is 0 Å². The van der Waals surface area contributed by atoms with Crippen molar-refractivity contribution in [1.29, 1.82) is 0 Å². The minimum absolute atomic E-state index is 0.185. The lowest BCUT2D eigenvalue weighted by atomic mass is 10.1. The second-order valence-corrected chi connectivity index (χ2v) is 4.90. The Kier molecular flexibility index (Phi) is 4.14. The predicted molar refractivity (Wildman–Crippen MR) is 81.0 cm³/mol. The number of pyridine rings is 1. The molecule has 2 amide bonds. The van der Waals surface area contributed by atoms with Gasteiger partial charge in [-0.2, -0.15) is 0 Å². The van der Waals surface area contributed by atoms with Gasteiger partial charge in [0.2, 0.25) is 0 Å². The molecule has 116 valence electrons. The third-order valence-corrected chi connectivity index (χ3v) is 3.36. The molecule has 0 aliphatic carbocycles. The van der Waals surface area contributed by atoms with Gasteiger partial charge in [0, 0.05) is 17.7 Å². The smallest absolute Gasteiger partial charge is 0.253 e. The highest BCUT2D eigenvalue weighted by Gasteiger charge is 2.22. The van der Waals surface area contributed by atoms with E-state index in [1.807, 2.05) is 0 Å². The Hall–Kier alpha value is -3.02. The van der Waals surface area contributed by atoms with Gasteiger partial charge in [0.15, 0.2) is 0 Å². The van der Waals surface area contributed by atoms with E-state index < -0.39 is 0 Å². The molecule has 0 atom stereocenters. The lowest BCUT2D eigenvalue weighted by molar-refractivity contribution is -0.137. The zero-order valence-electron chi connectivity index (χ0n) is 12.1. The second-order valence-electron chi connectivity index (χ2n) is 4.90. The fraction of sp³-hybridized carbons (Fsp3) is 0.118. The average molecular weight is 312 g/mol. The molecule has 2 heterocycles. The van der Waals surface area contributed by atoms with E-state index in [2.05, 4.69) is 4.98 Å². The van der Waals surface area contributed by atoms with Crippen molar-refractivity contribution < 1.29 is 18.7 Å². The molecule has 0 saturated carbocycles. The summed E-state index contributed by atoms with van der Waals surface area (Å²) in [5.41, 5.74) is 1.50. The van der Waals surface area contributed by atoms with Crippen LogP contribution in [0.15, 0.2) is 54.7 Å². The Balaban J connectivity index is 1.56. The van der Waals surface area contributed by atoms with Gasteiger partial charge < -0.3 is 4.74 Å². The van der Waals surface area contributed by atoms with Crippen molar-refractivity contribution in [2.45, 2.75) is 0 Å². The van der Waals surface area contributed by atoms with Crippen molar-refractivity contribution in [2.75, 3.05) is 13.2 Å². The first-order valence-electron chi connectivity index (χ1n) is 7.02. The third kappa shape index (κ3) is 3.42. The van der Waals surface area contributed by atoms with Crippen molar-refractivity contribution in [3.05, 3.63) is 60.6 Å². The van der Waals surface area contributed by atoms with Crippen LogP contribution in [0.4, 0.5) is 4.39 Å². The second kappa shape index (κ2) is 6.39. The molecule has 6 heteroatoms. The first kappa shape index (κ1) is 14.9. The van der Waals surface area contributed by atoms with Gasteiger partial charge in [-0.05, 0) is 36.4 Å². The maximum atomic E-state index is 12.9. The highest BCUT2D eigenvalue weighted by Crippen LogP contribution is 2.19. The van der Waals surface area contributed by atoms with Crippen LogP contribution in [0.1, 0.15) is 0 Å². The third-order valence-electron chi connectivity index (χ3n) is 3.36. The minimum atomic E-state index is -0.330. The molecule has 0 saturated heterocycles. The first-order valence-corrected chi connectivity index (χ1v) is 7.02. The zero-order valence-corrected chi connectivity index (χ0v) is 12.1. The molecule has 1 aliphatic heterocycles. The summed E-state index contributed by atoms with van der Waals surface area (Å²) in [6.45, 7) is 0.376. The molecule has 0 bridgehead atoms. The predicted octanol–water partition coefficient (Wildman–Crippen LogP) is 2.19. The molecular weight excluding hydrogens is 299 g/mol. The number of hydrogen-bond donors (Lipinski definition) is 0. The van der Waals surface area contributed by atoms with E-state index in [-0.39, 0.29) is 30.8 Å². The van der Waals surface area contributed by atoms with Crippen LogP contribution < -0.4 is 4.74 Å². The largest absolute Gasteiger partial charge is 0.490 e. The number of rotatable bonds is 5. The van der Waals surface area contributed by atoms with Gasteiger partial charge in [-0.1, -0.05) is 0 Å². The van der Waals surface area contributed by atoms with Crippen molar-refractivity contribution >= 4 is 11.8 Å². The minimum Gasteiger partial charge on any atom is -0.490 e. The Labute approximate surface area is 132 Å². The maximum absolute atomic E-state index is 12.9. The Bertz CT molecular complexity index is 736. The lowest BCUT2D eigenvalue weighted by Gasteiger charge is -2.14. The van der Waals surface area contributed by atoms with Crippen LogP contribution in [-0.4, -0.2) is 34.8 Å². The molecule has 0 unspecified atom stereocenters. The molecule has 3 rings (SSSR count). The Morgan fingerprint density at radius 3 is 2.30 bits per heavy atom. The number of halogens is 1. The SMILES string of the molecule is O=C1C=CC(=O)N1CCOc1ccc(-c2ccc(F)cc2)nc1. The van der Waals surface area contributed by atoms with Crippen molar-refractivity contribution in [1.82, 2.24) is 9.88 Å². The average Bonchev–Trinajstić information content (AvgIpc) is 2.88. The molecule has 2 aromatic rings. The summed E-state index contributed by atoms with van der Waals surface area (Å²) >= 11 is 0. The van der Waals surface area contributed by atoms with E-state index in [0.717, 1.165) is 10.5 Å². The summed E-state index contributed by atoms with van der Waals surface area (Å²) in [6, 6.07) is 9.54. The summed E-state index contributed by atoms with van der Waals surface area (Å²) in [7, 11) is 0. The number of carbonyl (C=O) groups excluding carboxylic acids is 2. The number of carbonyl (C=O) groups is 2. The van der Waals surface area contributed by atoms with Crippen molar-refractivity contribution in [3.63, 3.8) is 0 Å². The van der Waals surface area contributed by atoms with Gasteiger partial charge in [-0.25, -0.2) is 4.39 Å². The fourth-order valence-electron chi connectivity index (χ4n) is 2.16. The lowest BCUT2D eigenvalue weighted by Crippen LogP contribution is -2.33. The number of imide groups is 1. The number of amides is 2. The van der Waals surface area contributed by atoms with E-state index in [1.165, 1.54) is 24.3 Å². The first-order chi connectivity index (χ1) is 11.1. The summed E-state index contributed by atoms with van der Waals surface area (Å²) in [6.07, 6.45) is 4.02. The number of aromatic nitrogens is 1. The van der Waals surface area contributed by atoms with Gasteiger partial charge >= 0.3 is 0 Å². The molecule has 5 nitrogen and oxygen atoms in total. The van der Waals surface area contributed by atoms with Crippen LogP contribution in [0, 0.1) is 5.82 Å². The fourth-order valence-corrected chi connectivity index (χ4v) is 2.16. The van der Waals surface area contributed by atoms with Crippen molar-refractivity contribution in [3.8, 4) is 17.0 Å². The maximum Gasteiger partial charge on any atom is 0.253 e. The summed E-state index contributed by atoms with van der Waals surface area (Å²) in [5, 5.41) is 0. The van der Waals surface area contributed by atoms with E-state index in [0.29, 0.717) is 11.4 Å². The molecular formula is C17H13FN2O3. The zero-order chi connectivity index (χ0) is 16.2. The normalized spacial score (nSPS) is 13.7. The Morgan fingerprint density at radius 1 is 1.00 bits per heavy atom. The van der Waals surface area contributed by atoms with Crippen LogP contribution in [0.3, 0.4) is 0 Å². The van der Waals surface area contributed by atoms with Gasteiger partial charge in [-0.15, -0.1) is 0 Å². The number of nitrogens with zero attached hydrogens (tertiary/aromatic N) is 2. The molecule has 0 radical (unpaired) electrons. The van der Waals surface area contributed by atoms with E-state index in [9.17, 15) is 14.0 Å². The van der Waals surface area contributed by atoms with Gasteiger partial charge in [-0.3, -0.25) is 19.5 Å². The quantitative estimate of drug-likeness (QED) is 0.794. The van der Waals surface area contributed by atoms with Gasteiger partial charge in [0.25, 0.3) is 11.8 Å². The molecule has 1 aliphatic rings. The van der Waals surface area contributed by atoms with Crippen LogP contribution >= 0.6 is 0 Å². The molecule has 0 spiro atoms. The highest BCUT2D eigenvalue weighted by molar-refractivity contribution is 6.12.